The number of carbonyl (C=O) groups is 2. The number of imidazole rings is 1. The van der Waals surface area contributed by atoms with Crippen molar-refractivity contribution in [3.8, 4) is 0 Å². The molecule has 0 radical (unpaired) electrons. The Balaban J connectivity index is 1.32. The molecule has 1 saturated carbocycles. The van der Waals surface area contributed by atoms with E-state index in [1.165, 1.54) is 24.2 Å². The molecule has 2 amide bonds. The molecule has 1 fully saturated rings. The molecule has 2 heterocycles. The second-order valence-electron chi connectivity index (χ2n) is 8.61. The first-order valence-electron chi connectivity index (χ1n) is 11.4. The highest BCUT2D eigenvalue weighted by Crippen LogP contribution is 2.28. The molecule has 32 heavy (non-hydrogen) atoms. The average Bonchev–Trinajstić information content (AvgIpc) is 3.22. The zero-order valence-electron chi connectivity index (χ0n) is 18.3. The van der Waals surface area contributed by atoms with Gasteiger partial charge in [-0.05, 0) is 55.0 Å². The predicted molar refractivity (Wildman–Crippen MR) is 127 cm³/mol. The van der Waals surface area contributed by atoms with Gasteiger partial charge in [0.05, 0.1) is 11.0 Å². The van der Waals surface area contributed by atoms with E-state index >= 15 is 0 Å². The third-order valence-electron chi connectivity index (χ3n) is 6.65. The maximum absolute atomic E-state index is 13.2. The number of carbonyl (C=O) groups excluding carboxylic acids is 2. The summed E-state index contributed by atoms with van der Waals surface area (Å²) >= 11 is 1.70. The summed E-state index contributed by atoms with van der Waals surface area (Å²) in [4.78, 5) is 33.8. The Morgan fingerprint density at radius 1 is 1.09 bits per heavy atom. The minimum absolute atomic E-state index is 0.0269. The van der Waals surface area contributed by atoms with Crippen molar-refractivity contribution in [2.24, 2.45) is 0 Å². The van der Waals surface area contributed by atoms with Crippen molar-refractivity contribution in [1.82, 2.24) is 19.8 Å². The molecule has 2 aromatic carbocycles. The topological polar surface area (TPSA) is 67.2 Å². The van der Waals surface area contributed by atoms with E-state index in [4.69, 9.17) is 0 Å². The number of hydrogen-bond acceptors (Lipinski definition) is 4. The summed E-state index contributed by atoms with van der Waals surface area (Å²) in [6.07, 6.45) is 7.90. The first-order valence-corrected chi connectivity index (χ1v) is 12.6. The highest BCUT2D eigenvalue weighted by molar-refractivity contribution is 7.98. The summed E-state index contributed by atoms with van der Waals surface area (Å²) in [7, 11) is 0. The van der Waals surface area contributed by atoms with Crippen LogP contribution in [0.4, 0.5) is 0 Å². The summed E-state index contributed by atoms with van der Waals surface area (Å²) in [5, 5.41) is 2.98. The smallest absolute Gasteiger partial charge is 0.290 e. The fourth-order valence-electron chi connectivity index (χ4n) is 4.87. The molecule has 0 spiro atoms. The third-order valence-corrected chi connectivity index (χ3v) is 7.40. The first kappa shape index (κ1) is 21.1. The Morgan fingerprint density at radius 2 is 1.88 bits per heavy atom. The number of fused-ring (bicyclic) bond motifs is 3. The molecule has 0 saturated heterocycles. The summed E-state index contributed by atoms with van der Waals surface area (Å²) < 4.78 is 2.01. The van der Waals surface area contributed by atoms with Crippen molar-refractivity contribution in [2.45, 2.75) is 56.1 Å². The second-order valence-corrected chi connectivity index (χ2v) is 9.49. The molecular formula is C25H28N4O2S. The van der Waals surface area contributed by atoms with E-state index in [0.29, 0.717) is 29.5 Å². The van der Waals surface area contributed by atoms with Gasteiger partial charge in [-0.2, -0.15) is 0 Å². The van der Waals surface area contributed by atoms with E-state index in [0.717, 1.165) is 37.0 Å². The van der Waals surface area contributed by atoms with Crippen LogP contribution < -0.4 is 5.32 Å². The van der Waals surface area contributed by atoms with E-state index in [2.05, 4.69) is 22.4 Å². The normalized spacial score (nSPS) is 16.9. The zero-order valence-corrected chi connectivity index (χ0v) is 19.2. The zero-order chi connectivity index (χ0) is 22.1. The van der Waals surface area contributed by atoms with E-state index in [-0.39, 0.29) is 11.8 Å². The molecule has 0 unspecified atom stereocenters. The van der Waals surface area contributed by atoms with Crippen molar-refractivity contribution in [3.63, 3.8) is 0 Å². The lowest BCUT2D eigenvalue weighted by atomic mass is 9.94. The van der Waals surface area contributed by atoms with Gasteiger partial charge in [0.2, 0.25) is 0 Å². The van der Waals surface area contributed by atoms with Crippen LogP contribution in [0.1, 0.15) is 58.6 Å². The molecule has 3 aromatic rings. The standard InChI is InChI=1S/C25H28N4O2S/c1-32-20-10-7-17(8-11-20)16-26-24(30)18-9-12-22-21(15-18)27-23-25(31)28(13-14-29(22)23)19-5-3-2-4-6-19/h7-12,15,19H,2-6,13-14,16H2,1H3,(H,26,30). The fraction of sp³-hybridized carbons (Fsp3) is 0.400. The summed E-state index contributed by atoms with van der Waals surface area (Å²) in [6, 6.07) is 14.0. The molecule has 166 valence electrons. The molecular weight excluding hydrogens is 420 g/mol. The van der Waals surface area contributed by atoms with Gasteiger partial charge in [-0.25, -0.2) is 4.98 Å². The highest BCUT2D eigenvalue weighted by atomic mass is 32.2. The van der Waals surface area contributed by atoms with Gasteiger partial charge in [-0.15, -0.1) is 11.8 Å². The fourth-order valence-corrected chi connectivity index (χ4v) is 5.28. The summed E-state index contributed by atoms with van der Waals surface area (Å²) in [5.74, 6) is 0.393. The van der Waals surface area contributed by atoms with Crippen molar-refractivity contribution in [3.05, 3.63) is 59.4 Å². The molecule has 5 rings (SSSR count). The molecule has 0 bridgehead atoms. The number of aromatic nitrogens is 2. The Bertz CT molecular complexity index is 1150. The van der Waals surface area contributed by atoms with Crippen LogP contribution in [-0.2, 0) is 13.1 Å². The second kappa shape index (κ2) is 8.98. The van der Waals surface area contributed by atoms with Gasteiger partial charge < -0.3 is 14.8 Å². The van der Waals surface area contributed by atoms with Crippen LogP contribution in [-0.4, -0.2) is 45.1 Å². The molecule has 1 aliphatic carbocycles. The van der Waals surface area contributed by atoms with Gasteiger partial charge in [-0.1, -0.05) is 31.4 Å². The van der Waals surface area contributed by atoms with Crippen molar-refractivity contribution in [1.29, 1.82) is 0 Å². The minimum Gasteiger partial charge on any atom is -0.348 e. The number of thioether (sulfide) groups is 1. The van der Waals surface area contributed by atoms with Crippen LogP contribution in [0, 0.1) is 0 Å². The van der Waals surface area contributed by atoms with Gasteiger partial charge in [-0.3, -0.25) is 9.59 Å². The summed E-state index contributed by atoms with van der Waals surface area (Å²) in [5.41, 5.74) is 3.24. The van der Waals surface area contributed by atoms with E-state index < -0.39 is 0 Å². The van der Waals surface area contributed by atoms with Crippen molar-refractivity contribution >= 4 is 34.6 Å². The van der Waals surface area contributed by atoms with Crippen molar-refractivity contribution < 1.29 is 9.59 Å². The van der Waals surface area contributed by atoms with Crippen LogP contribution in [0.15, 0.2) is 47.4 Å². The maximum Gasteiger partial charge on any atom is 0.290 e. The van der Waals surface area contributed by atoms with Crippen LogP contribution in [0.3, 0.4) is 0 Å². The van der Waals surface area contributed by atoms with E-state index in [1.54, 1.807) is 17.8 Å². The number of benzene rings is 2. The molecule has 1 aromatic heterocycles. The molecule has 1 N–H and O–H groups in total. The predicted octanol–water partition coefficient (Wildman–Crippen LogP) is 4.48. The highest BCUT2D eigenvalue weighted by Gasteiger charge is 2.33. The quantitative estimate of drug-likeness (QED) is 0.585. The van der Waals surface area contributed by atoms with Gasteiger partial charge in [0, 0.05) is 36.1 Å². The first-order chi connectivity index (χ1) is 15.6. The summed E-state index contributed by atoms with van der Waals surface area (Å²) in [6.45, 7) is 1.96. The SMILES string of the molecule is CSc1ccc(CNC(=O)c2ccc3c(c2)nc2n3CCN(C3CCCCC3)C2=O)cc1. The lowest BCUT2D eigenvalue weighted by Crippen LogP contribution is -2.47. The van der Waals surface area contributed by atoms with Crippen LogP contribution in [0.2, 0.25) is 0 Å². The minimum atomic E-state index is -0.137. The lowest BCUT2D eigenvalue weighted by molar-refractivity contribution is 0.0566. The monoisotopic (exact) mass is 448 g/mol. The number of amides is 2. The largest absolute Gasteiger partial charge is 0.348 e. The molecule has 0 atom stereocenters. The van der Waals surface area contributed by atoms with Crippen molar-refractivity contribution in [2.75, 3.05) is 12.8 Å². The lowest BCUT2D eigenvalue weighted by Gasteiger charge is -2.36. The maximum atomic E-state index is 13.2. The Morgan fingerprint density at radius 3 is 2.62 bits per heavy atom. The van der Waals surface area contributed by atoms with E-state index in [1.807, 2.05) is 40.0 Å². The van der Waals surface area contributed by atoms with Gasteiger partial charge >= 0.3 is 0 Å². The van der Waals surface area contributed by atoms with Gasteiger partial charge in [0.25, 0.3) is 11.8 Å². The number of hydrogen-bond donors (Lipinski definition) is 1. The van der Waals surface area contributed by atoms with Gasteiger partial charge in [0.1, 0.15) is 0 Å². The molecule has 7 heteroatoms. The number of rotatable bonds is 5. The Labute approximate surface area is 192 Å². The van der Waals surface area contributed by atoms with Crippen LogP contribution in [0.25, 0.3) is 11.0 Å². The van der Waals surface area contributed by atoms with Gasteiger partial charge in [0.15, 0.2) is 5.82 Å². The van der Waals surface area contributed by atoms with E-state index in [9.17, 15) is 9.59 Å². The third kappa shape index (κ3) is 4.01. The van der Waals surface area contributed by atoms with Crippen LogP contribution in [0.5, 0.6) is 0 Å². The molecule has 2 aliphatic rings. The molecule has 1 aliphatic heterocycles. The number of nitrogens with zero attached hydrogens (tertiary/aromatic N) is 3. The van der Waals surface area contributed by atoms with Crippen LogP contribution >= 0.6 is 11.8 Å². The Hall–Kier alpha value is -2.80. The number of nitrogens with one attached hydrogen (secondary N) is 1. The average molecular weight is 449 g/mol. The molecule has 6 nitrogen and oxygen atoms in total. The Kier molecular flexibility index (Phi) is 5.91.